The van der Waals surface area contributed by atoms with Gasteiger partial charge in [0, 0.05) is 30.3 Å². The Morgan fingerprint density at radius 1 is 1.17 bits per heavy atom. The third-order valence-corrected chi connectivity index (χ3v) is 5.18. The van der Waals surface area contributed by atoms with E-state index in [9.17, 15) is 4.79 Å². The lowest BCUT2D eigenvalue weighted by atomic mass is 9.95. The summed E-state index contributed by atoms with van der Waals surface area (Å²) in [5.74, 6) is 0.872. The largest absolute Gasteiger partial charge is 0.356 e. The highest BCUT2D eigenvalue weighted by Gasteiger charge is 2.17. The lowest BCUT2D eigenvalue weighted by Gasteiger charge is -2.17. The van der Waals surface area contributed by atoms with E-state index in [1.54, 1.807) is 11.0 Å². The van der Waals surface area contributed by atoms with Gasteiger partial charge in [0.1, 0.15) is 12.2 Å². The fraction of sp³-hybridized carbons (Fsp3) is 0.286. The molecule has 154 valence electrons. The molecule has 2 aromatic carbocycles. The van der Waals surface area contributed by atoms with Crippen LogP contribution >= 0.6 is 11.6 Å². The van der Waals surface area contributed by atoms with Gasteiger partial charge in [0.15, 0.2) is 0 Å². The first-order valence-corrected chi connectivity index (χ1v) is 10.2. The summed E-state index contributed by atoms with van der Waals surface area (Å²) in [5.41, 5.74) is 3.02. The summed E-state index contributed by atoms with van der Waals surface area (Å²) in [6.07, 6.45) is 3.48. The molecule has 1 amide bonds. The Balaban J connectivity index is 1.30. The van der Waals surface area contributed by atoms with Crippen LogP contribution in [0.3, 0.4) is 0 Å². The number of hydrogen-bond acceptors (Lipinski definition) is 5. The molecule has 4 rings (SSSR count). The number of para-hydroxylation sites is 2. The first-order chi connectivity index (χ1) is 14.7. The topological polar surface area (TPSA) is 101 Å². The summed E-state index contributed by atoms with van der Waals surface area (Å²) in [4.78, 5) is 20.4. The molecule has 4 aromatic rings. The highest BCUT2D eigenvalue weighted by molar-refractivity contribution is 6.30. The number of halogens is 1. The second kappa shape index (κ2) is 9.49. The lowest BCUT2D eigenvalue weighted by molar-refractivity contribution is -0.121. The Hall–Kier alpha value is -3.26. The summed E-state index contributed by atoms with van der Waals surface area (Å²) in [6.45, 7) is 1.11. The lowest BCUT2D eigenvalue weighted by Crippen LogP contribution is -2.27. The molecule has 0 saturated heterocycles. The average molecular weight is 424 g/mol. The molecule has 0 aliphatic rings. The van der Waals surface area contributed by atoms with Gasteiger partial charge in [-0.1, -0.05) is 35.9 Å². The Kier molecular flexibility index (Phi) is 6.34. The molecule has 0 radical (unpaired) electrons. The van der Waals surface area contributed by atoms with Crippen molar-refractivity contribution in [3.05, 3.63) is 71.3 Å². The number of rotatable bonds is 9. The van der Waals surface area contributed by atoms with Crippen LogP contribution in [-0.4, -0.2) is 42.6 Å². The van der Waals surface area contributed by atoms with Gasteiger partial charge in [0.2, 0.25) is 5.91 Å². The highest BCUT2D eigenvalue weighted by Crippen LogP contribution is 2.23. The van der Waals surface area contributed by atoms with Crippen molar-refractivity contribution in [1.82, 2.24) is 35.5 Å². The van der Waals surface area contributed by atoms with Crippen LogP contribution in [0, 0.1) is 0 Å². The van der Waals surface area contributed by atoms with Crippen LogP contribution in [0.15, 0.2) is 54.9 Å². The Bertz CT molecular complexity index is 1060. The third-order valence-electron chi connectivity index (χ3n) is 4.92. The number of benzene rings is 2. The van der Waals surface area contributed by atoms with Crippen LogP contribution in [0.25, 0.3) is 11.0 Å². The molecule has 30 heavy (non-hydrogen) atoms. The number of aromatic amines is 1. The second-order valence-electron chi connectivity index (χ2n) is 7.14. The van der Waals surface area contributed by atoms with Crippen LogP contribution in [-0.2, 0) is 17.8 Å². The van der Waals surface area contributed by atoms with Crippen LogP contribution in [0.1, 0.15) is 30.1 Å². The van der Waals surface area contributed by atoms with E-state index in [0.29, 0.717) is 24.5 Å². The first kappa shape index (κ1) is 20.0. The molecule has 2 N–H and O–H groups in total. The van der Waals surface area contributed by atoms with Crippen LogP contribution < -0.4 is 5.32 Å². The van der Waals surface area contributed by atoms with Crippen molar-refractivity contribution in [3.8, 4) is 0 Å². The minimum atomic E-state index is -0.0545. The van der Waals surface area contributed by atoms with Crippen LogP contribution in [0.4, 0.5) is 0 Å². The molecule has 0 aliphatic heterocycles. The molecule has 2 aromatic heterocycles. The molecule has 0 aliphatic carbocycles. The van der Waals surface area contributed by atoms with E-state index in [1.165, 1.54) is 0 Å². The standard InChI is InChI=1S/C21H22ClN7O/c22-17-9-7-15(8-10-17)16(13-29-14-24-27-28-29)12-21(30)23-11-3-6-20-25-18-4-1-2-5-19(18)26-20/h1-2,4-5,7-10,14,16H,3,6,11-13H2,(H,23,30)(H,25,26). The van der Waals surface area contributed by atoms with Crippen LogP contribution in [0.2, 0.25) is 5.02 Å². The number of nitrogens with zero attached hydrogens (tertiary/aromatic N) is 5. The number of tetrazole rings is 1. The minimum Gasteiger partial charge on any atom is -0.356 e. The van der Waals surface area contributed by atoms with Crippen molar-refractivity contribution in [1.29, 1.82) is 0 Å². The molecule has 9 heteroatoms. The van der Waals surface area contributed by atoms with Crippen molar-refractivity contribution in [2.75, 3.05) is 6.54 Å². The third kappa shape index (κ3) is 5.21. The molecule has 8 nitrogen and oxygen atoms in total. The van der Waals surface area contributed by atoms with E-state index < -0.39 is 0 Å². The van der Waals surface area contributed by atoms with Gasteiger partial charge in [0.25, 0.3) is 0 Å². The molecule has 0 fully saturated rings. The zero-order valence-electron chi connectivity index (χ0n) is 16.3. The molecule has 0 spiro atoms. The van der Waals surface area contributed by atoms with E-state index in [0.717, 1.165) is 35.3 Å². The second-order valence-corrected chi connectivity index (χ2v) is 7.58. The Labute approximate surface area is 178 Å². The summed E-state index contributed by atoms with van der Waals surface area (Å²) in [7, 11) is 0. The number of amides is 1. The number of carbonyl (C=O) groups is 1. The fourth-order valence-electron chi connectivity index (χ4n) is 3.42. The summed E-state index contributed by atoms with van der Waals surface area (Å²) >= 11 is 6.00. The predicted molar refractivity (Wildman–Crippen MR) is 114 cm³/mol. The van der Waals surface area contributed by atoms with Gasteiger partial charge in [-0.3, -0.25) is 4.79 Å². The highest BCUT2D eigenvalue weighted by atomic mass is 35.5. The summed E-state index contributed by atoms with van der Waals surface area (Å²) in [6, 6.07) is 15.5. The monoisotopic (exact) mass is 423 g/mol. The van der Waals surface area contributed by atoms with E-state index in [4.69, 9.17) is 11.6 Å². The normalized spacial score (nSPS) is 12.2. The molecule has 1 unspecified atom stereocenters. The van der Waals surface area contributed by atoms with Gasteiger partial charge in [0.05, 0.1) is 17.6 Å². The zero-order chi connectivity index (χ0) is 20.8. The van der Waals surface area contributed by atoms with Gasteiger partial charge in [-0.2, -0.15) is 0 Å². The van der Waals surface area contributed by atoms with Crippen molar-refractivity contribution < 1.29 is 4.79 Å². The number of aryl methyl sites for hydroxylation is 1. The zero-order valence-corrected chi connectivity index (χ0v) is 17.1. The Morgan fingerprint density at radius 2 is 2.00 bits per heavy atom. The van der Waals surface area contributed by atoms with Crippen LogP contribution in [0.5, 0.6) is 0 Å². The van der Waals surface area contributed by atoms with Gasteiger partial charge in [-0.05, 0) is 46.7 Å². The maximum atomic E-state index is 12.6. The smallest absolute Gasteiger partial charge is 0.220 e. The average Bonchev–Trinajstić information content (AvgIpc) is 3.40. The predicted octanol–water partition coefficient (Wildman–Crippen LogP) is 3.13. The molecule has 1 atom stereocenters. The minimum absolute atomic E-state index is 0.00682. The number of fused-ring (bicyclic) bond motifs is 1. The van der Waals surface area contributed by atoms with E-state index in [2.05, 4.69) is 30.8 Å². The molecule has 0 bridgehead atoms. The summed E-state index contributed by atoms with van der Waals surface area (Å²) in [5, 5.41) is 14.9. The van der Waals surface area contributed by atoms with Gasteiger partial charge >= 0.3 is 0 Å². The number of H-pyrrole nitrogens is 1. The van der Waals surface area contributed by atoms with Crippen molar-refractivity contribution in [2.45, 2.75) is 31.7 Å². The van der Waals surface area contributed by atoms with Crippen molar-refractivity contribution in [2.24, 2.45) is 0 Å². The summed E-state index contributed by atoms with van der Waals surface area (Å²) < 4.78 is 1.63. The number of nitrogens with one attached hydrogen (secondary N) is 2. The van der Waals surface area contributed by atoms with E-state index >= 15 is 0 Å². The first-order valence-electron chi connectivity index (χ1n) is 9.84. The number of aromatic nitrogens is 6. The number of imidazole rings is 1. The number of carbonyl (C=O) groups excluding carboxylic acids is 1. The van der Waals surface area contributed by atoms with E-state index in [1.807, 2.05) is 48.5 Å². The molecule has 0 saturated carbocycles. The molecule has 2 heterocycles. The van der Waals surface area contributed by atoms with Gasteiger partial charge in [-0.25, -0.2) is 9.67 Å². The SMILES string of the molecule is O=C(CC(Cn1cnnn1)c1ccc(Cl)cc1)NCCCc1nc2ccccc2[nH]1. The Morgan fingerprint density at radius 3 is 2.77 bits per heavy atom. The molecular weight excluding hydrogens is 402 g/mol. The van der Waals surface area contributed by atoms with Gasteiger partial charge < -0.3 is 10.3 Å². The van der Waals surface area contributed by atoms with Crippen molar-refractivity contribution in [3.63, 3.8) is 0 Å². The maximum Gasteiger partial charge on any atom is 0.220 e. The van der Waals surface area contributed by atoms with Gasteiger partial charge in [-0.15, -0.1) is 5.10 Å². The maximum absolute atomic E-state index is 12.6. The quantitative estimate of drug-likeness (QED) is 0.403. The van der Waals surface area contributed by atoms with E-state index in [-0.39, 0.29) is 11.8 Å². The fourth-order valence-corrected chi connectivity index (χ4v) is 3.54. The number of hydrogen-bond donors (Lipinski definition) is 2. The van der Waals surface area contributed by atoms with Crippen molar-refractivity contribution >= 4 is 28.5 Å². The molecular formula is C21H22ClN7O.